The van der Waals surface area contributed by atoms with Gasteiger partial charge in [-0.1, -0.05) is 17.7 Å². The van der Waals surface area contributed by atoms with Crippen LogP contribution in [0.3, 0.4) is 0 Å². The van der Waals surface area contributed by atoms with Crippen LogP contribution in [0.5, 0.6) is 17.2 Å². The maximum Gasteiger partial charge on any atom is 0.265 e. The summed E-state index contributed by atoms with van der Waals surface area (Å²) in [5, 5.41) is 3.09. The van der Waals surface area contributed by atoms with Gasteiger partial charge >= 0.3 is 0 Å². The summed E-state index contributed by atoms with van der Waals surface area (Å²) in [7, 11) is -1.13. The quantitative estimate of drug-likeness (QED) is 0.480. The highest BCUT2D eigenvalue weighted by molar-refractivity contribution is 7.92. The number of halogens is 1. The Morgan fingerprint density at radius 2 is 1.62 bits per heavy atom. The molecule has 0 bridgehead atoms. The normalized spacial score (nSPS) is 10.8. The average Bonchev–Trinajstić information content (AvgIpc) is 2.78. The van der Waals surface area contributed by atoms with Crippen molar-refractivity contribution in [3.8, 4) is 17.2 Å². The Labute approximate surface area is 191 Å². The third kappa shape index (κ3) is 6.05. The number of carbonyl (C=O) groups excluding carboxylic acids is 1. The fraction of sp³-hybridized carbons (Fsp3) is 0.136. The Bertz CT molecular complexity index is 1200. The van der Waals surface area contributed by atoms with E-state index in [0.29, 0.717) is 22.2 Å². The van der Waals surface area contributed by atoms with Gasteiger partial charge < -0.3 is 19.5 Å². The second kappa shape index (κ2) is 10.3. The van der Waals surface area contributed by atoms with Crippen molar-refractivity contribution < 1.29 is 27.4 Å². The van der Waals surface area contributed by atoms with Gasteiger partial charge in [0.2, 0.25) is 0 Å². The number of hydrogen-bond acceptors (Lipinski definition) is 6. The third-order valence-corrected chi connectivity index (χ3v) is 5.88. The largest absolute Gasteiger partial charge is 0.497 e. The zero-order valence-corrected chi connectivity index (χ0v) is 18.9. The summed E-state index contributed by atoms with van der Waals surface area (Å²) in [6.07, 6.45) is 0. The fourth-order valence-electron chi connectivity index (χ4n) is 2.74. The van der Waals surface area contributed by atoms with E-state index in [4.69, 9.17) is 25.8 Å². The molecule has 8 nitrogen and oxygen atoms in total. The second-order valence-corrected chi connectivity index (χ2v) is 8.58. The van der Waals surface area contributed by atoms with Gasteiger partial charge in [0.05, 0.1) is 14.2 Å². The molecule has 3 aromatic rings. The maximum atomic E-state index is 12.9. The molecule has 0 fully saturated rings. The molecule has 0 radical (unpaired) electrons. The summed E-state index contributed by atoms with van der Waals surface area (Å²) in [5.74, 6) is 0.686. The molecule has 0 heterocycles. The van der Waals surface area contributed by atoms with Gasteiger partial charge in [-0.15, -0.1) is 0 Å². The lowest BCUT2D eigenvalue weighted by Gasteiger charge is -2.14. The smallest absolute Gasteiger partial charge is 0.265 e. The summed E-state index contributed by atoms with van der Waals surface area (Å²) >= 11 is 5.89. The van der Waals surface area contributed by atoms with E-state index in [9.17, 15) is 13.2 Å². The first kappa shape index (κ1) is 23.2. The maximum absolute atomic E-state index is 12.9. The van der Waals surface area contributed by atoms with Crippen molar-refractivity contribution in [2.75, 3.05) is 30.9 Å². The van der Waals surface area contributed by atoms with Crippen molar-refractivity contribution in [2.45, 2.75) is 4.90 Å². The summed E-state index contributed by atoms with van der Waals surface area (Å²) in [6.45, 7) is -0.279. The first-order valence-electron chi connectivity index (χ1n) is 9.34. The predicted molar refractivity (Wildman–Crippen MR) is 122 cm³/mol. The lowest BCUT2D eigenvalue weighted by Crippen LogP contribution is -2.21. The van der Waals surface area contributed by atoms with Gasteiger partial charge in [0.15, 0.2) is 6.61 Å². The molecule has 2 N–H and O–H groups in total. The van der Waals surface area contributed by atoms with Crippen molar-refractivity contribution in [1.82, 2.24) is 0 Å². The number of nitrogens with one attached hydrogen (secondary N) is 2. The number of ether oxygens (including phenoxy) is 3. The standard InChI is InChI=1S/C22H21ClN2O6S/c1-29-18-9-6-16(7-10-18)25-32(27,28)21-13-17(8-11-20(21)30-2)24-22(26)14-31-19-5-3-4-15(23)12-19/h3-13,25H,14H2,1-2H3,(H,24,26). The third-order valence-electron chi connectivity index (χ3n) is 4.25. The van der Waals surface area contributed by atoms with Gasteiger partial charge in [0.1, 0.15) is 22.1 Å². The number of methoxy groups -OCH3 is 2. The van der Waals surface area contributed by atoms with Crippen LogP contribution in [-0.2, 0) is 14.8 Å². The van der Waals surface area contributed by atoms with E-state index in [0.717, 1.165) is 0 Å². The molecule has 0 aliphatic rings. The summed E-state index contributed by atoms with van der Waals surface area (Å²) in [4.78, 5) is 12.1. The number of rotatable bonds is 9. The van der Waals surface area contributed by atoms with Crippen molar-refractivity contribution >= 4 is 38.9 Å². The molecule has 3 aromatic carbocycles. The van der Waals surface area contributed by atoms with Crippen molar-refractivity contribution in [3.63, 3.8) is 0 Å². The lowest BCUT2D eigenvalue weighted by molar-refractivity contribution is -0.118. The Hall–Kier alpha value is -3.43. The molecule has 3 rings (SSSR count). The highest BCUT2D eigenvalue weighted by atomic mass is 35.5. The average molecular weight is 477 g/mol. The zero-order chi connectivity index (χ0) is 23.1. The van der Waals surface area contributed by atoms with Gasteiger partial charge in [-0.2, -0.15) is 0 Å². The van der Waals surface area contributed by atoms with Gasteiger partial charge in [0, 0.05) is 16.4 Å². The summed E-state index contributed by atoms with van der Waals surface area (Å²) < 4.78 is 44.0. The Balaban J connectivity index is 1.74. The first-order valence-corrected chi connectivity index (χ1v) is 11.2. The minimum atomic E-state index is -4.01. The van der Waals surface area contributed by atoms with Crippen LogP contribution in [0.25, 0.3) is 0 Å². The van der Waals surface area contributed by atoms with E-state index in [1.54, 1.807) is 48.5 Å². The van der Waals surface area contributed by atoms with E-state index < -0.39 is 15.9 Å². The molecular formula is C22H21ClN2O6S. The highest BCUT2D eigenvalue weighted by Gasteiger charge is 2.21. The van der Waals surface area contributed by atoms with Crippen LogP contribution in [0.15, 0.2) is 71.6 Å². The van der Waals surface area contributed by atoms with E-state index in [2.05, 4.69) is 10.0 Å². The van der Waals surface area contributed by atoms with Crippen LogP contribution >= 0.6 is 11.6 Å². The van der Waals surface area contributed by atoms with Crippen molar-refractivity contribution in [3.05, 3.63) is 71.8 Å². The summed E-state index contributed by atoms with van der Waals surface area (Å²) in [6, 6.07) is 17.3. The van der Waals surface area contributed by atoms with Gasteiger partial charge in [-0.05, 0) is 60.7 Å². The Morgan fingerprint density at radius 3 is 2.28 bits per heavy atom. The highest BCUT2D eigenvalue weighted by Crippen LogP contribution is 2.29. The van der Waals surface area contributed by atoms with Gasteiger partial charge in [-0.3, -0.25) is 9.52 Å². The number of hydrogen-bond donors (Lipinski definition) is 2. The van der Waals surface area contributed by atoms with E-state index in [1.165, 1.54) is 32.4 Å². The van der Waals surface area contributed by atoms with Crippen LogP contribution in [0.4, 0.5) is 11.4 Å². The van der Waals surface area contributed by atoms with E-state index in [-0.39, 0.29) is 22.9 Å². The molecule has 0 aliphatic carbocycles. The molecule has 0 atom stereocenters. The molecule has 0 aliphatic heterocycles. The molecule has 32 heavy (non-hydrogen) atoms. The molecule has 1 amide bonds. The lowest BCUT2D eigenvalue weighted by atomic mass is 10.3. The Morgan fingerprint density at radius 1 is 0.906 bits per heavy atom. The molecule has 10 heteroatoms. The number of carbonyl (C=O) groups is 1. The molecular weight excluding hydrogens is 456 g/mol. The van der Waals surface area contributed by atoms with Crippen LogP contribution in [-0.4, -0.2) is 35.2 Å². The topological polar surface area (TPSA) is 103 Å². The number of benzene rings is 3. The fourth-order valence-corrected chi connectivity index (χ4v) is 4.17. The Kier molecular flexibility index (Phi) is 7.45. The van der Waals surface area contributed by atoms with E-state index in [1.807, 2.05) is 0 Å². The molecule has 168 valence electrons. The van der Waals surface area contributed by atoms with Crippen LogP contribution in [0.1, 0.15) is 0 Å². The molecule has 0 saturated heterocycles. The minimum absolute atomic E-state index is 0.124. The minimum Gasteiger partial charge on any atom is -0.497 e. The molecule has 0 spiro atoms. The molecule has 0 saturated carbocycles. The van der Waals surface area contributed by atoms with Gasteiger partial charge in [0.25, 0.3) is 15.9 Å². The zero-order valence-electron chi connectivity index (χ0n) is 17.3. The molecule has 0 aromatic heterocycles. The first-order chi connectivity index (χ1) is 15.3. The van der Waals surface area contributed by atoms with Crippen molar-refractivity contribution in [1.29, 1.82) is 0 Å². The van der Waals surface area contributed by atoms with Gasteiger partial charge in [-0.25, -0.2) is 8.42 Å². The van der Waals surface area contributed by atoms with Crippen LogP contribution in [0, 0.1) is 0 Å². The number of amides is 1. The summed E-state index contributed by atoms with van der Waals surface area (Å²) in [5.41, 5.74) is 0.609. The number of anilines is 2. The van der Waals surface area contributed by atoms with E-state index >= 15 is 0 Å². The SMILES string of the molecule is COc1ccc(NS(=O)(=O)c2cc(NC(=O)COc3cccc(Cl)c3)ccc2OC)cc1. The number of sulfonamides is 1. The van der Waals surface area contributed by atoms with Crippen LogP contribution < -0.4 is 24.2 Å². The van der Waals surface area contributed by atoms with Crippen molar-refractivity contribution in [2.24, 2.45) is 0 Å². The molecule has 0 unspecified atom stereocenters. The second-order valence-electron chi connectivity index (χ2n) is 6.49. The van der Waals surface area contributed by atoms with Crippen LogP contribution in [0.2, 0.25) is 5.02 Å². The monoisotopic (exact) mass is 476 g/mol. The predicted octanol–water partition coefficient (Wildman–Crippen LogP) is 4.18.